The molecule has 0 bridgehead atoms. The number of amides is 2. The molecule has 144 valence electrons. The number of carbonyl (C=O) groups is 2. The Balaban J connectivity index is 1.59. The lowest BCUT2D eigenvalue weighted by molar-refractivity contribution is 0.0922. The number of carbonyl (C=O) groups excluding carboxylic acids is 2. The van der Waals surface area contributed by atoms with Crippen LogP contribution in [0, 0.1) is 0 Å². The lowest BCUT2D eigenvalue weighted by Crippen LogP contribution is -2.34. The summed E-state index contributed by atoms with van der Waals surface area (Å²) in [6, 6.07) is 6.99. The van der Waals surface area contributed by atoms with Crippen molar-refractivity contribution in [3.8, 4) is 5.75 Å². The van der Waals surface area contributed by atoms with Crippen molar-refractivity contribution in [3.05, 3.63) is 40.4 Å². The number of fused-ring (bicyclic) bond motifs is 1. The van der Waals surface area contributed by atoms with Gasteiger partial charge < -0.3 is 10.1 Å². The van der Waals surface area contributed by atoms with Crippen LogP contribution in [0.4, 0.5) is 9.93 Å². The number of urea groups is 1. The normalized spacial score (nSPS) is 13.9. The third kappa shape index (κ3) is 5.05. The number of nitrogens with one attached hydrogen (secondary N) is 2. The molecule has 0 fully saturated rings. The summed E-state index contributed by atoms with van der Waals surface area (Å²) in [6.07, 6.45) is 0.773. The smallest absolute Gasteiger partial charge is 0.321 e. The minimum atomic E-state index is -0.248. The van der Waals surface area contributed by atoms with Gasteiger partial charge in [0.15, 0.2) is 10.9 Å². The van der Waals surface area contributed by atoms with Crippen LogP contribution in [0.1, 0.15) is 34.8 Å². The van der Waals surface area contributed by atoms with Crippen LogP contribution < -0.4 is 15.4 Å². The van der Waals surface area contributed by atoms with Crippen LogP contribution in [-0.4, -0.2) is 47.9 Å². The summed E-state index contributed by atoms with van der Waals surface area (Å²) in [5.41, 5.74) is 1.69. The average Bonchev–Trinajstić information content (AvgIpc) is 3.02. The summed E-state index contributed by atoms with van der Waals surface area (Å²) in [5, 5.41) is 6.17. The van der Waals surface area contributed by atoms with Gasteiger partial charge in [-0.25, -0.2) is 9.78 Å². The number of ketones is 1. The van der Waals surface area contributed by atoms with Crippen molar-refractivity contribution >= 4 is 28.3 Å². The molecule has 1 aromatic heterocycles. The summed E-state index contributed by atoms with van der Waals surface area (Å²) in [4.78, 5) is 32.1. The quantitative estimate of drug-likeness (QED) is 0.744. The van der Waals surface area contributed by atoms with Crippen LogP contribution in [0.5, 0.6) is 5.75 Å². The number of thiazole rings is 1. The summed E-state index contributed by atoms with van der Waals surface area (Å²) >= 11 is 1.47. The Morgan fingerprint density at radius 3 is 2.70 bits per heavy atom. The first kappa shape index (κ1) is 19.3. The molecule has 0 atom stereocenters. The van der Waals surface area contributed by atoms with E-state index in [1.165, 1.54) is 11.3 Å². The first-order chi connectivity index (χ1) is 12.9. The van der Waals surface area contributed by atoms with Crippen molar-refractivity contribution in [1.29, 1.82) is 0 Å². The number of hydrogen-bond donors (Lipinski definition) is 2. The van der Waals surface area contributed by atoms with E-state index in [2.05, 4.69) is 20.5 Å². The number of ether oxygens (including phenoxy) is 1. The van der Waals surface area contributed by atoms with Gasteiger partial charge >= 0.3 is 6.03 Å². The van der Waals surface area contributed by atoms with E-state index < -0.39 is 0 Å². The van der Waals surface area contributed by atoms with Gasteiger partial charge in [-0.1, -0.05) is 0 Å². The van der Waals surface area contributed by atoms with Crippen LogP contribution in [-0.2, 0) is 13.0 Å². The van der Waals surface area contributed by atoms with E-state index in [1.807, 2.05) is 13.8 Å². The molecule has 2 amide bonds. The summed E-state index contributed by atoms with van der Waals surface area (Å²) in [5.74, 6) is 0.820. The van der Waals surface area contributed by atoms with E-state index in [0.29, 0.717) is 23.8 Å². The highest BCUT2D eigenvalue weighted by molar-refractivity contribution is 7.15. The van der Waals surface area contributed by atoms with Crippen molar-refractivity contribution in [1.82, 2.24) is 15.2 Å². The molecule has 7 nitrogen and oxygen atoms in total. The van der Waals surface area contributed by atoms with E-state index in [-0.39, 0.29) is 17.9 Å². The molecule has 2 heterocycles. The van der Waals surface area contributed by atoms with Crippen molar-refractivity contribution in [2.24, 2.45) is 0 Å². The monoisotopic (exact) mass is 388 g/mol. The van der Waals surface area contributed by atoms with Gasteiger partial charge in [0.2, 0.25) is 0 Å². The fraction of sp³-hybridized carbons (Fsp3) is 0.421. The van der Waals surface area contributed by atoms with Crippen LogP contribution in [0.3, 0.4) is 0 Å². The maximum absolute atomic E-state index is 12.5. The lowest BCUT2D eigenvalue weighted by Gasteiger charge is -2.25. The van der Waals surface area contributed by atoms with Gasteiger partial charge in [0.05, 0.1) is 19.3 Å². The second-order valence-corrected chi connectivity index (χ2v) is 7.84. The highest BCUT2D eigenvalue weighted by Gasteiger charge is 2.23. The molecular weight excluding hydrogens is 364 g/mol. The molecular formula is C19H24N4O3S. The molecule has 0 unspecified atom stereocenters. The van der Waals surface area contributed by atoms with Crippen LogP contribution in [0.25, 0.3) is 0 Å². The van der Waals surface area contributed by atoms with Crippen molar-refractivity contribution < 1.29 is 14.3 Å². The minimum absolute atomic E-state index is 0.0686. The summed E-state index contributed by atoms with van der Waals surface area (Å²) in [7, 11) is 1.60. The summed E-state index contributed by atoms with van der Waals surface area (Å²) in [6.45, 7) is 5.62. The number of anilines is 1. The molecule has 2 N–H and O–H groups in total. The van der Waals surface area contributed by atoms with Crippen molar-refractivity contribution in [3.63, 3.8) is 0 Å². The maximum atomic E-state index is 12.5. The van der Waals surface area contributed by atoms with Gasteiger partial charge in [-0.3, -0.25) is 15.0 Å². The number of rotatable bonds is 6. The van der Waals surface area contributed by atoms with Gasteiger partial charge in [0.25, 0.3) is 0 Å². The largest absolute Gasteiger partial charge is 0.497 e. The fourth-order valence-electron chi connectivity index (χ4n) is 2.90. The Kier molecular flexibility index (Phi) is 6.08. The van der Waals surface area contributed by atoms with Crippen LogP contribution in [0.15, 0.2) is 24.3 Å². The molecule has 27 heavy (non-hydrogen) atoms. The van der Waals surface area contributed by atoms with E-state index in [9.17, 15) is 9.59 Å². The zero-order valence-corrected chi connectivity index (χ0v) is 16.6. The standard InChI is InChI=1S/C19H24N4O3S/c1-12(2)20-18(25)22-19-21-15-8-9-23(11-17(15)27-19)10-16(24)13-4-6-14(26-3)7-5-13/h4-7,12H,8-11H2,1-3H3,(H2,20,21,22,25). The summed E-state index contributed by atoms with van der Waals surface area (Å²) < 4.78 is 5.13. The van der Waals surface area contributed by atoms with E-state index in [1.54, 1.807) is 31.4 Å². The number of benzene rings is 1. The fourth-order valence-corrected chi connectivity index (χ4v) is 3.95. The third-order valence-electron chi connectivity index (χ3n) is 4.23. The van der Waals surface area contributed by atoms with Gasteiger partial charge in [0, 0.05) is 36.0 Å². The lowest BCUT2D eigenvalue weighted by atomic mass is 10.1. The predicted octanol–water partition coefficient (Wildman–Crippen LogP) is 2.92. The molecule has 1 aromatic carbocycles. The third-order valence-corrected chi connectivity index (χ3v) is 5.23. The average molecular weight is 388 g/mol. The van der Waals surface area contributed by atoms with Gasteiger partial charge in [0.1, 0.15) is 5.75 Å². The molecule has 0 aliphatic carbocycles. The number of hydrogen-bond acceptors (Lipinski definition) is 6. The van der Waals surface area contributed by atoms with Gasteiger partial charge in [-0.2, -0.15) is 0 Å². The number of nitrogens with zero attached hydrogens (tertiary/aromatic N) is 2. The first-order valence-electron chi connectivity index (χ1n) is 8.90. The topological polar surface area (TPSA) is 83.6 Å². The zero-order valence-electron chi connectivity index (χ0n) is 15.7. The molecule has 0 saturated heterocycles. The van der Waals surface area contributed by atoms with Crippen LogP contribution in [0.2, 0.25) is 0 Å². The Labute approximate surface area is 162 Å². The maximum Gasteiger partial charge on any atom is 0.321 e. The minimum Gasteiger partial charge on any atom is -0.497 e. The van der Waals surface area contributed by atoms with Crippen molar-refractivity contribution in [2.75, 3.05) is 25.5 Å². The second-order valence-electron chi connectivity index (χ2n) is 6.75. The Morgan fingerprint density at radius 1 is 1.30 bits per heavy atom. The Hall–Kier alpha value is -2.45. The molecule has 8 heteroatoms. The van der Waals surface area contributed by atoms with Gasteiger partial charge in [-0.15, -0.1) is 11.3 Å². The zero-order chi connectivity index (χ0) is 19.4. The van der Waals surface area contributed by atoms with Gasteiger partial charge in [-0.05, 0) is 38.1 Å². The molecule has 3 rings (SSSR count). The first-order valence-corrected chi connectivity index (χ1v) is 9.72. The molecule has 1 aliphatic heterocycles. The van der Waals surface area contributed by atoms with Crippen molar-refractivity contribution in [2.45, 2.75) is 32.9 Å². The Morgan fingerprint density at radius 2 is 2.04 bits per heavy atom. The SMILES string of the molecule is COc1ccc(C(=O)CN2CCc3nc(NC(=O)NC(C)C)sc3C2)cc1. The molecule has 2 aromatic rings. The predicted molar refractivity (Wildman–Crippen MR) is 106 cm³/mol. The molecule has 0 radical (unpaired) electrons. The second kappa shape index (κ2) is 8.49. The highest BCUT2D eigenvalue weighted by atomic mass is 32.1. The number of aromatic nitrogens is 1. The molecule has 0 spiro atoms. The molecule has 0 saturated carbocycles. The van der Waals surface area contributed by atoms with E-state index >= 15 is 0 Å². The van der Waals surface area contributed by atoms with E-state index in [0.717, 1.165) is 29.3 Å². The number of Topliss-reactive ketones (excluding diaryl/α,β-unsaturated/α-hetero) is 1. The molecule has 1 aliphatic rings. The van der Waals surface area contributed by atoms with E-state index in [4.69, 9.17) is 4.74 Å². The highest BCUT2D eigenvalue weighted by Crippen LogP contribution is 2.28. The van der Waals surface area contributed by atoms with Crippen LogP contribution >= 0.6 is 11.3 Å². The number of methoxy groups -OCH3 is 1. The Bertz CT molecular complexity index is 817.